The van der Waals surface area contributed by atoms with E-state index in [0.717, 1.165) is 54.3 Å². The summed E-state index contributed by atoms with van der Waals surface area (Å²) in [4.78, 5) is 10.0. The Morgan fingerprint density at radius 2 is 1.82 bits per heavy atom. The van der Waals surface area contributed by atoms with Crippen molar-refractivity contribution in [2.45, 2.75) is 63.7 Å². The molecule has 2 aromatic carbocycles. The van der Waals surface area contributed by atoms with Crippen LogP contribution in [-0.2, 0) is 11.8 Å². The van der Waals surface area contributed by atoms with E-state index in [2.05, 4.69) is 43.3 Å². The van der Waals surface area contributed by atoms with E-state index in [1.165, 1.54) is 48.8 Å². The van der Waals surface area contributed by atoms with Crippen molar-refractivity contribution in [3.8, 4) is 28.4 Å². The zero-order chi connectivity index (χ0) is 22.3. The summed E-state index contributed by atoms with van der Waals surface area (Å²) in [5, 5.41) is 4.83. The number of nitrogens with zero attached hydrogens (tertiary/aromatic N) is 4. The van der Waals surface area contributed by atoms with Gasteiger partial charge in [-0.1, -0.05) is 56.9 Å². The Morgan fingerprint density at radius 3 is 2.64 bits per heavy atom. The van der Waals surface area contributed by atoms with E-state index in [1.54, 1.807) is 0 Å². The largest absolute Gasteiger partial charge is 0.494 e. The first-order valence-corrected chi connectivity index (χ1v) is 12.3. The number of unbranched alkanes of at least 4 members (excludes halogenated alkanes) is 1. The minimum absolute atomic E-state index is 0.110. The summed E-state index contributed by atoms with van der Waals surface area (Å²) in [7, 11) is 0. The van der Waals surface area contributed by atoms with Gasteiger partial charge in [-0.25, -0.2) is 14.5 Å². The molecule has 2 aliphatic carbocycles. The zero-order valence-electron chi connectivity index (χ0n) is 19.3. The molecule has 6 rings (SSSR count). The monoisotopic (exact) mass is 438 g/mol. The fraction of sp³-hybridized carbons (Fsp3) is 0.393. The number of rotatable bonds is 5. The maximum atomic E-state index is 5.82. The third-order valence-corrected chi connectivity index (χ3v) is 7.41. The Balaban J connectivity index is 1.45. The normalized spacial score (nSPS) is 16.5. The predicted octanol–water partition coefficient (Wildman–Crippen LogP) is 6.40. The topological polar surface area (TPSA) is 52.3 Å². The molecular weight excluding hydrogens is 408 g/mol. The van der Waals surface area contributed by atoms with Crippen molar-refractivity contribution in [3.05, 3.63) is 66.0 Å². The van der Waals surface area contributed by atoms with Crippen LogP contribution in [-0.4, -0.2) is 26.2 Å². The summed E-state index contributed by atoms with van der Waals surface area (Å²) in [5.41, 5.74) is 7.16. The number of benzene rings is 2. The van der Waals surface area contributed by atoms with Gasteiger partial charge < -0.3 is 4.74 Å². The van der Waals surface area contributed by atoms with Crippen LogP contribution in [0.25, 0.3) is 28.3 Å². The molecule has 0 N–H and O–H groups in total. The Morgan fingerprint density at radius 1 is 1.00 bits per heavy atom. The third kappa shape index (κ3) is 3.50. The van der Waals surface area contributed by atoms with Gasteiger partial charge in [-0.05, 0) is 55.5 Å². The van der Waals surface area contributed by atoms with Crippen molar-refractivity contribution in [1.29, 1.82) is 0 Å². The van der Waals surface area contributed by atoms with Gasteiger partial charge in [-0.15, -0.1) is 5.10 Å². The molecule has 5 heteroatoms. The predicted molar refractivity (Wildman–Crippen MR) is 131 cm³/mol. The second-order valence-electron chi connectivity index (χ2n) is 9.57. The maximum absolute atomic E-state index is 5.82. The lowest BCUT2D eigenvalue weighted by Gasteiger charge is -2.42. The van der Waals surface area contributed by atoms with E-state index in [9.17, 15) is 0 Å². The molecule has 2 heterocycles. The van der Waals surface area contributed by atoms with Crippen LogP contribution in [0.5, 0.6) is 5.75 Å². The highest BCUT2D eigenvalue weighted by Crippen LogP contribution is 2.50. The van der Waals surface area contributed by atoms with Crippen LogP contribution in [0.1, 0.15) is 63.0 Å². The molecule has 33 heavy (non-hydrogen) atoms. The molecule has 0 radical (unpaired) electrons. The highest BCUT2D eigenvalue weighted by atomic mass is 16.5. The van der Waals surface area contributed by atoms with Gasteiger partial charge in [0.25, 0.3) is 0 Å². The van der Waals surface area contributed by atoms with Crippen molar-refractivity contribution in [1.82, 2.24) is 19.6 Å². The molecule has 1 spiro atoms. The van der Waals surface area contributed by atoms with Gasteiger partial charge in [0, 0.05) is 22.1 Å². The Bertz CT molecular complexity index is 1290. The molecule has 168 valence electrons. The molecule has 5 nitrogen and oxygen atoms in total. The van der Waals surface area contributed by atoms with E-state index in [4.69, 9.17) is 19.8 Å². The fourth-order valence-electron chi connectivity index (χ4n) is 5.72. The van der Waals surface area contributed by atoms with Gasteiger partial charge in [-0.3, -0.25) is 0 Å². The van der Waals surface area contributed by atoms with Gasteiger partial charge in [0.05, 0.1) is 12.3 Å². The summed E-state index contributed by atoms with van der Waals surface area (Å²) >= 11 is 0. The van der Waals surface area contributed by atoms with Crippen LogP contribution in [0.2, 0.25) is 0 Å². The van der Waals surface area contributed by atoms with Crippen LogP contribution in [0.4, 0.5) is 0 Å². The highest BCUT2D eigenvalue weighted by molar-refractivity contribution is 5.78. The summed E-state index contributed by atoms with van der Waals surface area (Å²) in [5.74, 6) is 1.64. The average molecular weight is 439 g/mol. The Labute approximate surface area is 194 Å². The molecular formula is C28H30N4O. The second kappa shape index (κ2) is 8.29. The zero-order valence-corrected chi connectivity index (χ0v) is 19.3. The van der Waals surface area contributed by atoms with E-state index < -0.39 is 0 Å². The fourth-order valence-corrected chi connectivity index (χ4v) is 5.72. The minimum atomic E-state index is 0.110. The molecule has 0 bridgehead atoms. The Hall–Kier alpha value is -3.21. The van der Waals surface area contributed by atoms with Crippen LogP contribution < -0.4 is 4.74 Å². The third-order valence-electron chi connectivity index (χ3n) is 7.41. The molecule has 1 fully saturated rings. The maximum Gasteiger partial charge on any atom is 0.182 e. The van der Waals surface area contributed by atoms with Crippen LogP contribution >= 0.6 is 0 Å². The number of fused-ring (bicyclic) bond motifs is 6. The Kier molecular flexibility index (Phi) is 5.12. The quantitative estimate of drug-likeness (QED) is 0.339. The SMILES string of the molecule is CCCCOc1ccc(-c2nc3c4c(ncn3n2)-c2ccccc2CC42CCCCC2)cc1. The molecule has 1 saturated carbocycles. The van der Waals surface area contributed by atoms with Gasteiger partial charge in [0.1, 0.15) is 12.1 Å². The molecule has 4 aromatic rings. The average Bonchev–Trinajstić information content (AvgIpc) is 3.29. The first-order valence-electron chi connectivity index (χ1n) is 12.3. The van der Waals surface area contributed by atoms with Crippen molar-refractivity contribution in [2.75, 3.05) is 6.61 Å². The van der Waals surface area contributed by atoms with Crippen LogP contribution in [0, 0.1) is 0 Å². The van der Waals surface area contributed by atoms with E-state index in [1.807, 2.05) is 23.0 Å². The van der Waals surface area contributed by atoms with E-state index in [-0.39, 0.29) is 5.41 Å². The molecule has 0 unspecified atom stereocenters. The van der Waals surface area contributed by atoms with Gasteiger partial charge in [0.2, 0.25) is 0 Å². The molecule has 0 atom stereocenters. The summed E-state index contributed by atoms with van der Waals surface area (Å²) in [6.07, 6.45) is 11.4. The molecule has 0 saturated heterocycles. The number of ether oxygens (including phenoxy) is 1. The van der Waals surface area contributed by atoms with Gasteiger partial charge in [0.15, 0.2) is 11.5 Å². The molecule has 2 aliphatic rings. The highest BCUT2D eigenvalue weighted by Gasteiger charge is 2.42. The van der Waals surface area contributed by atoms with Crippen LogP contribution in [0.15, 0.2) is 54.9 Å². The van der Waals surface area contributed by atoms with E-state index >= 15 is 0 Å². The standard InChI is InChI=1S/C28H30N4O/c1-2-3-17-33-22-13-11-20(12-14-22)26-30-27-24-25(29-19-32(27)31-26)23-10-6-5-9-21(23)18-28(24)15-7-4-8-16-28/h5-6,9-14,19H,2-4,7-8,15-18H2,1H3. The van der Waals surface area contributed by atoms with Crippen molar-refractivity contribution >= 4 is 5.65 Å². The molecule has 0 amide bonds. The summed E-state index contributed by atoms with van der Waals surface area (Å²) < 4.78 is 7.72. The molecule has 0 aliphatic heterocycles. The lowest BCUT2D eigenvalue weighted by atomic mass is 9.62. The minimum Gasteiger partial charge on any atom is -0.494 e. The first-order chi connectivity index (χ1) is 16.3. The summed E-state index contributed by atoms with van der Waals surface area (Å²) in [6, 6.07) is 16.9. The van der Waals surface area contributed by atoms with Gasteiger partial charge in [-0.2, -0.15) is 0 Å². The lowest BCUT2D eigenvalue weighted by molar-refractivity contribution is 0.288. The van der Waals surface area contributed by atoms with Crippen molar-refractivity contribution in [2.24, 2.45) is 0 Å². The van der Waals surface area contributed by atoms with Crippen LogP contribution in [0.3, 0.4) is 0 Å². The number of aromatic nitrogens is 4. The first kappa shape index (κ1) is 20.4. The summed E-state index contributed by atoms with van der Waals surface area (Å²) in [6.45, 7) is 2.93. The van der Waals surface area contributed by atoms with Crippen molar-refractivity contribution in [3.63, 3.8) is 0 Å². The smallest absolute Gasteiger partial charge is 0.182 e. The lowest BCUT2D eigenvalue weighted by Crippen LogP contribution is -2.36. The van der Waals surface area contributed by atoms with Crippen molar-refractivity contribution < 1.29 is 4.74 Å². The van der Waals surface area contributed by atoms with Gasteiger partial charge >= 0.3 is 0 Å². The van der Waals surface area contributed by atoms with E-state index in [0.29, 0.717) is 0 Å². The molecule has 2 aromatic heterocycles. The second-order valence-corrected chi connectivity index (χ2v) is 9.57. The number of hydrogen-bond donors (Lipinski definition) is 0. The number of hydrogen-bond acceptors (Lipinski definition) is 4.